The molecular weight excluding hydrogens is 194 g/mol. The number of nitrogens with one attached hydrogen (secondary N) is 1. The summed E-state index contributed by atoms with van der Waals surface area (Å²) in [4.78, 5) is 0. The Morgan fingerprint density at radius 2 is 2.19 bits per heavy atom. The van der Waals surface area contributed by atoms with Crippen molar-refractivity contribution in [1.82, 2.24) is 5.32 Å². The Bertz CT molecular complexity index is 375. The monoisotopic (exact) mass is 215 g/mol. The molecule has 1 aliphatic carbocycles. The van der Waals surface area contributed by atoms with E-state index in [2.05, 4.69) is 49.5 Å². The van der Waals surface area contributed by atoms with Crippen molar-refractivity contribution in [3.8, 4) is 0 Å². The van der Waals surface area contributed by atoms with Gasteiger partial charge in [0.2, 0.25) is 0 Å². The summed E-state index contributed by atoms with van der Waals surface area (Å²) in [6.45, 7) is 5.29. The number of allylic oxidation sites excluding steroid dienone is 1. The molecule has 86 valence electrons. The largest absolute Gasteiger partial charge is 0.306 e. The van der Waals surface area contributed by atoms with Crippen LogP contribution in [0.25, 0.3) is 0 Å². The quantitative estimate of drug-likeness (QED) is 0.759. The number of benzene rings is 1. The van der Waals surface area contributed by atoms with Crippen LogP contribution < -0.4 is 5.32 Å². The van der Waals surface area contributed by atoms with Crippen molar-refractivity contribution < 1.29 is 0 Å². The second-order valence-electron chi connectivity index (χ2n) is 4.83. The minimum Gasteiger partial charge on any atom is -0.306 e. The SMILES string of the molecule is CC(C)=CCNC1CCCc2ccccc21. The van der Waals surface area contributed by atoms with Gasteiger partial charge in [-0.1, -0.05) is 35.9 Å². The fraction of sp³-hybridized carbons (Fsp3) is 0.467. The van der Waals surface area contributed by atoms with Gasteiger partial charge in [0, 0.05) is 12.6 Å². The van der Waals surface area contributed by atoms with Crippen molar-refractivity contribution in [2.24, 2.45) is 0 Å². The lowest BCUT2D eigenvalue weighted by Gasteiger charge is -2.26. The Balaban J connectivity index is 2.04. The molecule has 0 saturated heterocycles. The highest BCUT2D eigenvalue weighted by molar-refractivity contribution is 5.32. The lowest BCUT2D eigenvalue weighted by Crippen LogP contribution is -2.25. The highest BCUT2D eigenvalue weighted by Crippen LogP contribution is 2.29. The van der Waals surface area contributed by atoms with Gasteiger partial charge in [0.15, 0.2) is 0 Å². The molecule has 0 aromatic heterocycles. The van der Waals surface area contributed by atoms with Crippen LogP contribution in [0.5, 0.6) is 0 Å². The van der Waals surface area contributed by atoms with Gasteiger partial charge in [-0.25, -0.2) is 0 Å². The van der Waals surface area contributed by atoms with Crippen molar-refractivity contribution in [3.63, 3.8) is 0 Å². The first kappa shape index (κ1) is 11.4. The molecule has 1 atom stereocenters. The summed E-state index contributed by atoms with van der Waals surface area (Å²) in [6, 6.07) is 9.40. The van der Waals surface area contributed by atoms with Gasteiger partial charge < -0.3 is 5.32 Å². The van der Waals surface area contributed by atoms with E-state index in [0.717, 1.165) is 6.54 Å². The maximum atomic E-state index is 3.63. The molecule has 1 N–H and O–H groups in total. The molecule has 0 saturated carbocycles. The molecule has 1 heteroatoms. The zero-order valence-electron chi connectivity index (χ0n) is 10.3. The van der Waals surface area contributed by atoms with E-state index >= 15 is 0 Å². The van der Waals surface area contributed by atoms with E-state index < -0.39 is 0 Å². The molecule has 0 amide bonds. The van der Waals surface area contributed by atoms with E-state index in [1.165, 1.54) is 36.0 Å². The Kier molecular flexibility index (Phi) is 3.79. The molecule has 1 aliphatic rings. The minimum atomic E-state index is 0.556. The molecule has 0 bridgehead atoms. The molecule has 0 spiro atoms. The van der Waals surface area contributed by atoms with Gasteiger partial charge in [0.25, 0.3) is 0 Å². The third-order valence-electron chi connectivity index (χ3n) is 3.24. The lowest BCUT2D eigenvalue weighted by molar-refractivity contribution is 0.480. The van der Waals surface area contributed by atoms with E-state index in [0.29, 0.717) is 6.04 Å². The van der Waals surface area contributed by atoms with Crippen molar-refractivity contribution in [2.45, 2.75) is 39.2 Å². The van der Waals surface area contributed by atoms with Gasteiger partial charge in [-0.05, 0) is 44.2 Å². The number of rotatable bonds is 3. The maximum Gasteiger partial charge on any atom is 0.0325 e. The van der Waals surface area contributed by atoms with Gasteiger partial charge in [0.1, 0.15) is 0 Å². The molecule has 1 nitrogen and oxygen atoms in total. The zero-order valence-corrected chi connectivity index (χ0v) is 10.3. The van der Waals surface area contributed by atoms with Crippen molar-refractivity contribution in [3.05, 3.63) is 47.0 Å². The van der Waals surface area contributed by atoms with E-state index in [4.69, 9.17) is 0 Å². The first-order valence-electron chi connectivity index (χ1n) is 6.22. The van der Waals surface area contributed by atoms with Gasteiger partial charge in [0.05, 0.1) is 0 Å². The number of fused-ring (bicyclic) bond motifs is 1. The van der Waals surface area contributed by atoms with Crippen LogP contribution in [0.3, 0.4) is 0 Å². The molecule has 0 aliphatic heterocycles. The van der Waals surface area contributed by atoms with Crippen LogP contribution in [0.15, 0.2) is 35.9 Å². The predicted octanol–water partition coefficient (Wildman–Crippen LogP) is 3.62. The second-order valence-corrected chi connectivity index (χ2v) is 4.83. The Hall–Kier alpha value is -1.08. The number of aryl methyl sites for hydroxylation is 1. The van der Waals surface area contributed by atoms with Crippen LogP contribution in [0, 0.1) is 0 Å². The van der Waals surface area contributed by atoms with Crippen LogP contribution >= 0.6 is 0 Å². The molecule has 0 radical (unpaired) electrons. The molecule has 0 fully saturated rings. The summed E-state index contributed by atoms with van der Waals surface area (Å²) in [5, 5.41) is 3.63. The maximum absolute atomic E-state index is 3.63. The molecule has 2 rings (SSSR count). The Labute approximate surface area is 98.6 Å². The van der Waals surface area contributed by atoms with Crippen LogP contribution in [0.4, 0.5) is 0 Å². The average Bonchev–Trinajstić information content (AvgIpc) is 2.29. The van der Waals surface area contributed by atoms with Gasteiger partial charge in [-0.2, -0.15) is 0 Å². The van der Waals surface area contributed by atoms with E-state index in [1.54, 1.807) is 0 Å². The van der Waals surface area contributed by atoms with Crippen LogP contribution in [0.2, 0.25) is 0 Å². The first-order chi connectivity index (χ1) is 7.77. The standard InChI is InChI=1S/C15H21N/c1-12(2)10-11-16-15-9-5-7-13-6-3-4-8-14(13)15/h3-4,6,8,10,15-16H,5,7,9,11H2,1-2H3. The normalized spacial score (nSPS) is 19.0. The first-order valence-corrected chi connectivity index (χ1v) is 6.22. The second kappa shape index (κ2) is 5.31. The molecule has 1 unspecified atom stereocenters. The zero-order chi connectivity index (χ0) is 11.4. The van der Waals surface area contributed by atoms with Crippen LogP contribution in [-0.4, -0.2) is 6.54 Å². The Morgan fingerprint density at radius 1 is 1.38 bits per heavy atom. The van der Waals surface area contributed by atoms with Gasteiger partial charge in [-0.3, -0.25) is 0 Å². The molecule has 1 aromatic rings. The van der Waals surface area contributed by atoms with Crippen molar-refractivity contribution in [2.75, 3.05) is 6.54 Å². The molecule has 0 heterocycles. The van der Waals surface area contributed by atoms with Crippen LogP contribution in [-0.2, 0) is 6.42 Å². The Morgan fingerprint density at radius 3 is 3.00 bits per heavy atom. The molecule has 1 aromatic carbocycles. The fourth-order valence-corrected chi connectivity index (χ4v) is 2.37. The summed E-state index contributed by atoms with van der Waals surface area (Å²) >= 11 is 0. The van der Waals surface area contributed by atoms with E-state index in [1.807, 2.05) is 0 Å². The highest BCUT2D eigenvalue weighted by Gasteiger charge is 2.18. The van der Waals surface area contributed by atoms with Gasteiger partial charge >= 0.3 is 0 Å². The summed E-state index contributed by atoms with van der Waals surface area (Å²) in [6.07, 6.45) is 6.09. The predicted molar refractivity (Wildman–Crippen MR) is 69.6 cm³/mol. The fourth-order valence-electron chi connectivity index (χ4n) is 2.37. The molecular formula is C15H21N. The summed E-state index contributed by atoms with van der Waals surface area (Å²) in [7, 11) is 0. The van der Waals surface area contributed by atoms with E-state index in [-0.39, 0.29) is 0 Å². The summed E-state index contributed by atoms with van der Waals surface area (Å²) in [5.41, 5.74) is 4.43. The lowest BCUT2D eigenvalue weighted by atomic mass is 9.88. The summed E-state index contributed by atoms with van der Waals surface area (Å²) in [5.74, 6) is 0. The minimum absolute atomic E-state index is 0.556. The number of hydrogen-bond acceptors (Lipinski definition) is 1. The van der Waals surface area contributed by atoms with Crippen molar-refractivity contribution in [1.29, 1.82) is 0 Å². The average molecular weight is 215 g/mol. The topological polar surface area (TPSA) is 12.0 Å². The van der Waals surface area contributed by atoms with Crippen molar-refractivity contribution >= 4 is 0 Å². The third-order valence-corrected chi connectivity index (χ3v) is 3.24. The molecule has 16 heavy (non-hydrogen) atoms. The smallest absolute Gasteiger partial charge is 0.0325 e. The van der Waals surface area contributed by atoms with Gasteiger partial charge in [-0.15, -0.1) is 0 Å². The number of hydrogen-bond donors (Lipinski definition) is 1. The highest BCUT2D eigenvalue weighted by atomic mass is 14.9. The third kappa shape index (κ3) is 2.73. The summed E-state index contributed by atoms with van der Waals surface area (Å²) < 4.78 is 0. The van der Waals surface area contributed by atoms with Crippen LogP contribution in [0.1, 0.15) is 43.9 Å². The van der Waals surface area contributed by atoms with E-state index in [9.17, 15) is 0 Å².